The van der Waals surface area contributed by atoms with Gasteiger partial charge in [-0.15, -0.1) is 0 Å². The Morgan fingerprint density at radius 2 is 1.68 bits per heavy atom. The van der Waals surface area contributed by atoms with Crippen molar-refractivity contribution in [3.05, 3.63) is 123 Å². The first kappa shape index (κ1) is 27.5. The number of rotatable bonds is 6. The average Bonchev–Trinajstić information content (AvgIpc) is 3.20. The highest BCUT2D eigenvalue weighted by molar-refractivity contribution is 6.30. The Labute approximate surface area is 231 Å². The number of hydrogen-bond acceptors (Lipinski definition) is 6. The zero-order chi connectivity index (χ0) is 27.3. The lowest BCUT2D eigenvalue weighted by molar-refractivity contribution is -0.0167. The van der Waals surface area contributed by atoms with Crippen molar-refractivity contribution in [2.75, 3.05) is 14.2 Å². The maximum absolute atomic E-state index is 13.2. The number of aliphatic hydroxyl groups is 1. The molecule has 0 fully saturated rings. The van der Waals surface area contributed by atoms with Crippen LogP contribution < -0.4 is 4.74 Å². The number of benzene rings is 2. The molecular formula is C29H27Cl2N3O4. The molecular weight excluding hydrogens is 525 g/mol. The van der Waals surface area contributed by atoms with Crippen molar-refractivity contribution < 1.29 is 19.4 Å². The van der Waals surface area contributed by atoms with Gasteiger partial charge in [0.1, 0.15) is 5.60 Å². The molecule has 0 saturated heterocycles. The van der Waals surface area contributed by atoms with Crippen LogP contribution in [0, 0.1) is 0 Å². The van der Waals surface area contributed by atoms with E-state index in [0.29, 0.717) is 33.3 Å². The zero-order valence-electron chi connectivity index (χ0n) is 21.1. The fraction of sp³-hybridized carbons (Fsp3) is 0.207. The molecule has 2 aromatic carbocycles. The van der Waals surface area contributed by atoms with Crippen molar-refractivity contribution >= 4 is 29.1 Å². The van der Waals surface area contributed by atoms with Crippen LogP contribution >= 0.6 is 23.2 Å². The molecule has 0 spiro atoms. The second kappa shape index (κ2) is 11.9. The van der Waals surface area contributed by atoms with Crippen LogP contribution in [0.15, 0.2) is 85.2 Å². The maximum atomic E-state index is 13.2. The maximum Gasteiger partial charge on any atom is 0.256 e. The van der Waals surface area contributed by atoms with Crippen LogP contribution in [0.3, 0.4) is 0 Å². The van der Waals surface area contributed by atoms with Crippen molar-refractivity contribution in [2.45, 2.75) is 25.3 Å². The molecule has 0 saturated carbocycles. The molecule has 1 amide bonds. The third-order valence-corrected chi connectivity index (χ3v) is 6.71. The van der Waals surface area contributed by atoms with Gasteiger partial charge in [0.05, 0.1) is 24.4 Å². The number of nitrogens with zero attached hydrogens (tertiary/aromatic N) is 3. The summed E-state index contributed by atoms with van der Waals surface area (Å²) < 4.78 is 10.8. The van der Waals surface area contributed by atoms with Crippen molar-refractivity contribution in [3.8, 4) is 5.88 Å². The van der Waals surface area contributed by atoms with Crippen LogP contribution in [-0.4, -0.2) is 40.1 Å². The fourth-order valence-corrected chi connectivity index (χ4v) is 4.43. The largest absolute Gasteiger partial charge is 0.481 e. The van der Waals surface area contributed by atoms with E-state index >= 15 is 0 Å². The molecule has 2 aromatic heterocycles. The van der Waals surface area contributed by atoms with Gasteiger partial charge in [-0.1, -0.05) is 53.5 Å². The molecule has 1 N–H and O–H groups in total. The number of carbonyl (C=O) groups excluding carboxylic acids is 1. The molecule has 0 radical (unpaired) electrons. The number of ether oxygens (including phenoxy) is 2. The molecule has 1 aliphatic heterocycles. The number of carbonyl (C=O) groups is 1. The molecule has 0 bridgehead atoms. The lowest BCUT2D eigenvalue weighted by atomic mass is 9.87. The number of fused-ring (bicyclic) bond motifs is 1. The average molecular weight is 552 g/mol. The predicted molar refractivity (Wildman–Crippen MR) is 146 cm³/mol. The lowest BCUT2D eigenvalue weighted by Gasteiger charge is -2.25. The van der Waals surface area contributed by atoms with Crippen molar-refractivity contribution in [3.63, 3.8) is 0 Å². The van der Waals surface area contributed by atoms with Crippen molar-refractivity contribution in [2.24, 2.45) is 0 Å². The molecule has 38 heavy (non-hydrogen) atoms. The first-order chi connectivity index (χ1) is 18.2. The highest BCUT2D eigenvalue weighted by Gasteiger charge is 2.39. The number of aromatic nitrogens is 2. The van der Waals surface area contributed by atoms with Gasteiger partial charge in [0.25, 0.3) is 5.91 Å². The molecule has 2 unspecified atom stereocenters. The summed E-state index contributed by atoms with van der Waals surface area (Å²) in [6.45, 7) is 1.95. The number of amides is 1. The van der Waals surface area contributed by atoms with Gasteiger partial charge in [-0.05, 0) is 54.4 Å². The number of pyridine rings is 2. The van der Waals surface area contributed by atoms with Gasteiger partial charge in [-0.2, -0.15) is 0 Å². The monoisotopic (exact) mass is 551 g/mol. The lowest BCUT2D eigenvalue weighted by Crippen LogP contribution is -2.29. The summed E-state index contributed by atoms with van der Waals surface area (Å²) in [7, 11) is 3.08. The van der Waals surface area contributed by atoms with Crippen molar-refractivity contribution in [1.29, 1.82) is 0 Å². The molecule has 4 aromatic rings. The Balaban J connectivity index is 0.000000417. The van der Waals surface area contributed by atoms with E-state index in [4.69, 9.17) is 32.7 Å². The van der Waals surface area contributed by atoms with Gasteiger partial charge in [0.15, 0.2) is 6.23 Å². The number of methoxy groups -OCH3 is 2. The van der Waals surface area contributed by atoms with Crippen LogP contribution in [0.1, 0.15) is 45.9 Å². The van der Waals surface area contributed by atoms with Gasteiger partial charge in [-0.3, -0.25) is 9.78 Å². The van der Waals surface area contributed by atoms with Gasteiger partial charge in [0, 0.05) is 41.7 Å². The van der Waals surface area contributed by atoms with Gasteiger partial charge >= 0.3 is 0 Å². The standard InChI is InChI=1S/C23H22ClN3O4.C6H5Cl/c1-23(29,15-8-9-25-20(11-15)30-2)14-4-7-18-19(10-14)21(28)27(22(18)31-3)13-17-6-5-16(24)12-26-17;7-6-4-2-1-3-5-6/h4-12,22,29H,13H2,1-3H3;1-5H. The van der Waals surface area contributed by atoms with Crippen LogP contribution in [0.2, 0.25) is 10.0 Å². The molecule has 5 rings (SSSR count). The summed E-state index contributed by atoms with van der Waals surface area (Å²) >= 11 is 11.5. The molecule has 3 heterocycles. The minimum absolute atomic E-state index is 0.191. The van der Waals surface area contributed by atoms with E-state index in [1.165, 1.54) is 7.11 Å². The third kappa shape index (κ3) is 5.97. The zero-order valence-corrected chi connectivity index (χ0v) is 22.6. The second-order valence-electron chi connectivity index (χ2n) is 8.75. The minimum atomic E-state index is -1.35. The summed E-state index contributed by atoms with van der Waals surface area (Å²) in [5.74, 6) is 0.208. The molecule has 0 aliphatic carbocycles. The van der Waals surface area contributed by atoms with E-state index in [-0.39, 0.29) is 12.5 Å². The SMILES string of the molecule is COc1cc(C(C)(O)c2ccc3c(c2)C(=O)N(Cc2ccc(Cl)cn2)C3OC)ccn1.Clc1ccccc1. The molecule has 2 atom stereocenters. The highest BCUT2D eigenvalue weighted by Crippen LogP contribution is 2.39. The first-order valence-corrected chi connectivity index (χ1v) is 12.5. The summed E-state index contributed by atoms with van der Waals surface area (Å²) in [5, 5.41) is 12.6. The van der Waals surface area contributed by atoms with E-state index in [0.717, 1.165) is 10.6 Å². The molecule has 9 heteroatoms. The molecule has 7 nitrogen and oxygen atoms in total. The normalized spacial score (nSPS) is 15.8. The Morgan fingerprint density at radius 1 is 0.947 bits per heavy atom. The van der Waals surface area contributed by atoms with E-state index in [9.17, 15) is 9.90 Å². The Bertz CT molecular complexity index is 1400. The minimum Gasteiger partial charge on any atom is -0.481 e. The third-order valence-electron chi connectivity index (χ3n) is 6.24. The van der Waals surface area contributed by atoms with E-state index in [1.807, 2.05) is 36.4 Å². The Kier molecular flexibility index (Phi) is 8.64. The van der Waals surface area contributed by atoms with Crippen LogP contribution in [0.5, 0.6) is 5.88 Å². The van der Waals surface area contributed by atoms with E-state index < -0.39 is 11.8 Å². The van der Waals surface area contributed by atoms with Crippen LogP contribution in [0.4, 0.5) is 0 Å². The van der Waals surface area contributed by atoms with Gasteiger partial charge in [-0.25, -0.2) is 4.98 Å². The summed E-state index contributed by atoms with van der Waals surface area (Å²) in [4.78, 5) is 23.2. The van der Waals surface area contributed by atoms with Gasteiger partial charge in [0.2, 0.25) is 5.88 Å². The smallest absolute Gasteiger partial charge is 0.256 e. The quantitative estimate of drug-likeness (QED) is 0.314. The summed E-state index contributed by atoms with van der Waals surface area (Å²) in [5.41, 5.74) is 1.76. The first-order valence-electron chi connectivity index (χ1n) is 11.8. The Hall–Kier alpha value is -3.49. The topological polar surface area (TPSA) is 84.8 Å². The molecule has 1 aliphatic rings. The van der Waals surface area contributed by atoms with Crippen LogP contribution in [-0.2, 0) is 16.9 Å². The summed E-state index contributed by atoms with van der Waals surface area (Å²) in [6.07, 6.45) is 2.58. The van der Waals surface area contributed by atoms with Gasteiger partial charge < -0.3 is 19.5 Å². The number of hydrogen-bond donors (Lipinski definition) is 1. The van der Waals surface area contributed by atoms with E-state index in [2.05, 4.69) is 9.97 Å². The van der Waals surface area contributed by atoms with E-state index in [1.54, 1.807) is 67.7 Å². The molecule has 196 valence electrons. The predicted octanol–water partition coefficient (Wildman–Crippen LogP) is 6.04. The Morgan fingerprint density at radius 3 is 2.29 bits per heavy atom. The second-order valence-corrected chi connectivity index (χ2v) is 9.62. The van der Waals surface area contributed by atoms with Crippen LogP contribution in [0.25, 0.3) is 0 Å². The summed E-state index contributed by atoms with van der Waals surface area (Å²) in [6, 6.07) is 21.7. The number of halogens is 2. The van der Waals surface area contributed by atoms with Crippen molar-refractivity contribution in [1.82, 2.24) is 14.9 Å². The fourth-order valence-electron chi connectivity index (χ4n) is 4.18. The highest BCUT2D eigenvalue weighted by atomic mass is 35.5.